The van der Waals surface area contributed by atoms with Gasteiger partial charge in [-0.25, -0.2) is 9.69 Å². The first-order chi connectivity index (χ1) is 14.7. The van der Waals surface area contributed by atoms with Crippen LogP contribution < -0.4 is 9.64 Å². The molecule has 0 bridgehead atoms. The number of carbonyl (C=O) groups excluding carboxylic acids is 1. The Kier molecular flexibility index (Phi) is 12.6. The first kappa shape index (κ1) is 24.7. The van der Waals surface area contributed by atoms with Gasteiger partial charge in [0.25, 0.3) is 0 Å². The molecule has 1 aromatic rings. The Morgan fingerprint density at radius 2 is 1.17 bits per heavy atom. The van der Waals surface area contributed by atoms with Crippen LogP contribution in [0.15, 0.2) is 24.3 Å². The molecule has 1 heterocycles. The lowest BCUT2D eigenvalue weighted by Crippen LogP contribution is -2.96. The lowest BCUT2D eigenvalue weighted by atomic mass is 10.0. The molecule has 2 rings (SSSR count). The van der Waals surface area contributed by atoms with Crippen molar-refractivity contribution in [2.45, 2.75) is 116 Å². The molecule has 2 N–H and O–H groups in total. The molecule has 1 aliphatic heterocycles. The maximum absolute atomic E-state index is 11.9. The maximum atomic E-state index is 11.9. The zero-order chi connectivity index (χ0) is 21.4. The fraction of sp³-hybridized carbons (Fsp3) is 0.731. The smallest absolute Gasteiger partial charge is 0.416 e. The Balaban J connectivity index is 1.32. The summed E-state index contributed by atoms with van der Waals surface area (Å²) >= 11 is 0. The number of aromatic hydroxyl groups is 1. The number of unbranched alkanes of at least 4 members (excludes halogenated alkanes) is 15. The van der Waals surface area contributed by atoms with Crippen LogP contribution in [-0.4, -0.2) is 23.8 Å². The Morgan fingerprint density at radius 1 is 0.733 bits per heavy atom. The van der Waals surface area contributed by atoms with Gasteiger partial charge in [-0.2, -0.15) is 0 Å². The Labute approximate surface area is 184 Å². The van der Waals surface area contributed by atoms with Crippen LogP contribution in [0.5, 0.6) is 11.5 Å². The summed E-state index contributed by atoms with van der Waals surface area (Å²) in [5, 5.41) is 9.29. The summed E-state index contributed by atoms with van der Waals surface area (Å²) in [4.78, 5) is 12.8. The maximum Gasteiger partial charge on any atom is 0.416 e. The van der Waals surface area contributed by atoms with Crippen molar-refractivity contribution >= 4 is 5.91 Å². The van der Waals surface area contributed by atoms with E-state index in [-0.39, 0.29) is 17.9 Å². The van der Waals surface area contributed by atoms with E-state index in [9.17, 15) is 9.90 Å². The Hall–Kier alpha value is -1.55. The topological polar surface area (TPSA) is 51.0 Å². The van der Waals surface area contributed by atoms with E-state index >= 15 is 0 Å². The molecule has 30 heavy (non-hydrogen) atoms. The zero-order valence-corrected chi connectivity index (χ0v) is 19.2. The van der Waals surface area contributed by atoms with E-state index in [4.69, 9.17) is 4.74 Å². The number of hydrogen-bond donors (Lipinski definition) is 2. The van der Waals surface area contributed by atoms with E-state index < -0.39 is 0 Å². The minimum atomic E-state index is -0.342. The van der Waals surface area contributed by atoms with E-state index in [0.717, 1.165) is 17.9 Å². The standard InChI is InChI=1S/C26H43NO3/c1-2-3-4-5-6-7-8-9-10-11-12-13-14-15-16-17-22-27-25(29)26(27)30-24-20-18-23(28)19-21-24/h18-21,26,28H,2-17,22H2,1H3/p+1. The highest BCUT2D eigenvalue weighted by Crippen LogP contribution is 2.18. The van der Waals surface area contributed by atoms with E-state index in [1.807, 2.05) is 0 Å². The largest absolute Gasteiger partial charge is 0.508 e. The highest BCUT2D eigenvalue weighted by atomic mass is 16.5. The minimum Gasteiger partial charge on any atom is -0.508 e. The number of phenols is 1. The zero-order valence-electron chi connectivity index (χ0n) is 19.2. The highest BCUT2D eigenvalue weighted by Gasteiger charge is 2.57. The summed E-state index contributed by atoms with van der Waals surface area (Å²) in [7, 11) is 0. The first-order valence-corrected chi connectivity index (χ1v) is 12.6. The summed E-state index contributed by atoms with van der Waals surface area (Å²) in [6, 6.07) is 6.56. The fourth-order valence-electron chi connectivity index (χ4n) is 4.13. The number of amides is 1. The van der Waals surface area contributed by atoms with Crippen LogP contribution >= 0.6 is 0 Å². The van der Waals surface area contributed by atoms with Gasteiger partial charge >= 0.3 is 12.1 Å². The van der Waals surface area contributed by atoms with Crippen LogP contribution in [0.1, 0.15) is 110 Å². The molecule has 170 valence electrons. The van der Waals surface area contributed by atoms with Crippen LogP contribution in [0, 0.1) is 0 Å². The molecular formula is C26H44NO3+. The first-order valence-electron chi connectivity index (χ1n) is 12.6. The number of quaternary nitrogens is 1. The average molecular weight is 419 g/mol. The monoisotopic (exact) mass is 418 g/mol. The van der Waals surface area contributed by atoms with Gasteiger partial charge in [0.15, 0.2) is 0 Å². The van der Waals surface area contributed by atoms with Crippen molar-refractivity contribution in [3.63, 3.8) is 0 Å². The molecule has 1 amide bonds. The highest BCUT2D eigenvalue weighted by molar-refractivity contribution is 5.81. The number of hydrogen-bond acceptors (Lipinski definition) is 3. The number of benzene rings is 1. The van der Waals surface area contributed by atoms with Crippen molar-refractivity contribution in [3.8, 4) is 11.5 Å². The molecule has 0 radical (unpaired) electrons. The van der Waals surface area contributed by atoms with Crippen molar-refractivity contribution in [2.75, 3.05) is 6.54 Å². The molecule has 0 aromatic heterocycles. The van der Waals surface area contributed by atoms with Gasteiger partial charge in [0.1, 0.15) is 11.5 Å². The average Bonchev–Trinajstić information content (AvgIpc) is 3.36. The number of carbonyl (C=O) groups is 1. The molecule has 1 saturated heterocycles. The number of phenolic OH excluding ortho intramolecular Hbond substituents is 1. The molecule has 1 aliphatic rings. The number of rotatable bonds is 19. The van der Waals surface area contributed by atoms with Gasteiger partial charge in [-0.3, -0.25) is 0 Å². The minimum absolute atomic E-state index is 0.157. The Bertz CT molecular complexity index is 572. The van der Waals surface area contributed by atoms with Crippen LogP contribution in [0.25, 0.3) is 0 Å². The predicted molar refractivity (Wildman–Crippen MR) is 123 cm³/mol. The lowest BCUT2D eigenvalue weighted by Gasteiger charge is -2.04. The second kappa shape index (κ2) is 15.3. The van der Waals surface area contributed by atoms with Gasteiger partial charge in [-0.15, -0.1) is 0 Å². The molecule has 1 aromatic carbocycles. The van der Waals surface area contributed by atoms with Crippen molar-refractivity contribution < 1.29 is 19.5 Å². The second-order valence-electron chi connectivity index (χ2n) is 8.93. The van der Waals surface area contributed by atoms with Crippen LogP contribution in [-0.2, 0) is 4.79 Å². The van der Waals surface area contributed by atoms with Gasteiger partial charge in [0.05, 0.1) is 6.54 Å². The van der Waals surface area contributed by atoms with E-state index in [1.165, 1.54) is 96.3 Å². The quantitative estimate of drug-likeness (QED) is 0.221. The third-order valence-electron chi connectivity index (χ3n) is 6.18. The Morgan fingerprint density at radius 3 is 1.63 bits per heavy atom. The summed E-state index contributed by atoms with van der Waals surface area (Å²) in [5.41, 5.74) is 0. The van der Waals surface area contributed by atoms with Gasteiger partial charge in [-0.1, -0.05) is 96.8 Å². The predicted octanol–water partition coefficient (Wildman–Crippen LogP) is 5.78. The van der Waals surface area contributed by atoms with E-state index in [0.29, 0.717) is 5.75 Å². The lowest BCUT2D eigenvalue weighted by molar-refractivity contribution is -0.751. The summed E-state index contributed by atoms with van der Waals surface area (Å²) < 4.78 is 5.69. The molecule has 2 unspecified atom stereocenters. The van der Waals surface area contributed by atoms with E-state index in [1.54, 1.807) is 24.3 Å². The molecule has 0 aliphatic carbocycles. The van der Waals surface area contributed by atoms with Crippen LogP contribution in [0.2, 0.25) is 0 Å². The SMILES string of the molecule is CCCCCCCCCCCCCCCCCC[NH+]1C(=O)C1Oc1ccc(O)cc1. The molecular weight excluding hydrogens is 374 g/mol. The van der Waals surface area contributed by atoms with Crippen molar-refractivity contribution in [2.24, 2.45) is 0 Å². The van der Waals surface area contributed by atoms with Crippen LogP contribution in [0.4, 0.5) is 0 Å². The molecule has 1 fully saturated rings. The van der Waals surface area contributed by atoms with Crippen molar-refractivity contribution in [1.82, 2.24) is 0 Å². The number of nitrogens with one attached hydrogen (secondary N) is 1. The third-order valence-corrected chi connectivity index (χ3v) is 6.18. The van der Waals surface area contributed by atoms with E-state index in [2.05, 4.69) is 6.92 Å². The van der Waals surface area contributed by atoms with Gasteiger partial charge in [-0.05, 0) is 37.1 Å². The van der Waals surface area contributed by atoms with Crippen molar-refractivity contribution in [3.05, 3.63) is 24.3 Å². The van der Waals surface area contributed by atoms with Gasteiger partial charge in [0, 0.05) is 0 Å². The normalized spacial score (nSPS) is 18.0. The van der Waals surface area contributed by atoms with Crippen LogP contribution in [0.3, 0.4) is 0 Å². The van der Waals surface area contributed by atoms with Gasteiger partial charge < -0.3 is 9.84 Å². The molecule has 4 heteroatoms. The number of ether oxygens (including phenoxy) is 1. The van der Waals surface area contributed by atoms with Gasteiger partial charge in [0.2, 0.25) is 0 Å². The summed E-state index contributed by atoms with van der Waals surface area (Å²) in [6.07, 6.45) is 21.5. The second-order valence-corrected chi connectivity index (χ2v) is 8.93. The fourth-order valence-corrected chi connectivity index (χ4v) is 4.13. The third kappa shape index (κ3) is 10.5. The molecule has 0 saturated carbocycles. The molecule has 2 atom stereocenters. The molecule has 4 nitrogen and oxygen atoms in total. The summed E-state index contributed by atoms with van der Waals surface area (Å²) in [5.74, 6) is 1.01. The summed E-state index contributed by atoms with van der Waals surface area (Å²) in [6.45, 7) is 3.15. The molecule has 0 spiro atoms. The van der Waals surface area contributed by atoms with Crippen molar-refractivity contribution in [1.29, 1.82) is 0 Å².